The number of hydrogen-bond acceptors (Lipinski definition) is 4. The number of aromatic nitrogens is 1. The minimum absolute atomic E-state index is 0.481. The van der Waals surface area contributed by atoms with E-state index in [9.17, 15) is 5.11 Å². The molecule has 90 valence electrons. The van der Waals surface area contributed by atoms with Crippen LogP contribution in [0.15, 0.2) is 18.3 Å². The molecule has 0 aliphatic rings. The van der Waals surface area contributed by atoms with E-state index in [0.717, 1.165) is 17.1 Å². The van der Waals surface area contributed by atoms with Crippen molar-refractivity contribution in [3.8, 4) is 0 Å². The Kier molecular flexibility index (Phi) is 5.09. The number of hydrogen-bond donors (Lipinski definition) is 1. The van der Waals surface area contributed by atoms with Crippen molar-refractivity contribution < 1.29 is 5.11 Å². The van der Waals surface area contributed by atoms with Gasteiger partial charge in [-0.05, 0) is 32.2 Å². The molecule has 1 aromatic rings. The summed E-state index contributed by atoms with van der Waals surface area (Å²) in [7, 11) is 2.07. The van der Waals surface area contributed by atoms with Gasteiger partial charge in [-0.1, -0.05) is 0 Å². The first kappa shape index (κ1) is 13.3. The van der Waals surface area contributed by atoms with Crippen LogP contribution in [0.3, 0.4) is 0 Å². The Balaban J connectivity index is 2.73. The lowest BCUT2D eigenvalue weighted by atomic mass is 10.2. The van der Waals surface area contributed by atoms with Crippen molar-refractivity contribution in [2.24, 2.45) is 0 Å². The zero-order valence-electron chi connectivity index (χ0n) is 10.3. The number of pyridine rings is 1. The van der Waals surface area contributed by atoms with Crippen LogP contribution in [0.4, 0.5) is 5.69 Å². The van der Waals surface area contributed by atoms with Crippen LogP contribution in [-0.4, -0.2) is 35.2 Å². The largest absolute Gasteiger partial charge is 0.387 e. The molecule has 1 aromatic heterocycles. The third-order valence-corrected chi connectivity index (χ3v) is 3.49. The number of nitrogens with zero attached hydrogens (tertiary/aromatic N) is 2. The fourth-order valence-electron chi connectivity index (χ4n) is 1.46. The monoisotopic (exact) mass is 240 g/mol. The smallest absolute Gasteiger partial charge is 0.0931 e. The van der Waals surface area contributed by atoms with Crippen LogP contribution < -0.4 is 4.90 Å². The molecule has 3 nitrogen and oxygen atoms in total. The minimum atomic E-state index is -0.497. The minimum Gasteiger partial charge on any atom is -0.387 e. The first-order valence-corrected chi connectivity index (χ1v) is 6.81. The van der Waals surface area contributed by atoms with E-state index in [-0.39, 0.29) is 0 Å². The van der Waals surface area contributed by atoms with Crippen molar-refractivity contribution in [3.63, 3.8) is 0 Å². The van der Waals surface area contributed by atoms with Gasteiger partial charge in [0.25, 0.3) is 0 Å². The topological polar surface area (TPSA) is 36.4 Å². The Morgan fingerprint density at radius 1 is 1.44 bits per heavy atom. The van der Waals surface area contributed by atoms with Gasteiger partial charge in [0.15, 0.2) is 0 Å². The molecular weight excluding hydrogens is 220 g/mol. The van der Waals surface area contributed by atoms with Crippen LogP contribution >= 0.6 is 11.8 Å². The summed E-state index contributed by atoms with van der Waals surface area (Å²) in [6.07, 6.45) is 3.43. The number of aliphatic hydroxyl groups excluding tert-OH is 1. The van der Waals surface area contributed by atoms with Crippen LogP contribution in [0.1, 0.15) is 25.6 Å². The van der Waals surface area contributed by atoms with Gasteiger partial charge in [-0.3, -0.25) is 4.98 Å². The summed E-state index contributed by atoms with van der Waals surface area (Å²) in [5.41, 5.74) is 1.81. The van der Waals surface area contributed by atoms with Crippen molar-refractivity contribution in [3.05, 3.63) is 24.0 Å². The van der Waals surface area contributed by atoms with Gasteiger partial charge in [-0.25, -0.2) is 0 Å². The average molecular weight is 240 g/mol. The maximum absolute atomic E-state index is 9.37. The molecular formula is C12H20N2OS. The Hall–Kier alpha value is -0.740. The molecule has 1 rings (SSSR count). The van der Waals surface area contributed by atoms with Crippen LogP contribution in [0, 0.1) is 0 Å². The van der Waals surface area contributed by atoms with E-state index in [0.29, 0.717) is 6.04 Å². The molecule has 0 spiro atoms. The van der Waals surface area contributed by atoms with Gasteiger partial charge in [-0.15, -0.1) is 0 Å². The number of rotatable bonds is 5. The number of thioether (sulfide) groups is 1. The lowest BCUT2D eigenvalue weighted by molar-refractivity contribution is 0.194. The molecule has 2 atom stereocenters. The van der Waals surface area contributed by atoms with Gasteiger partial charge in [0, 0.05) is 18.8 Å². The maximum atomic E-state index is 9.37. The van der Waals surface area contributed by atoms with Gasteiger partial charge in [0.1, 0.15) is 0 Å². The van der Waals surface area contributed by atoms with Gasteiger partial charge in [-0.2, -0.15) is 11.8 Å². The second-order valence-corrected chi connectivity index (χ2v) is 4.94. The van der Waals surface area contributed by atoms with Crippen LogP contribution in [0.2, 0.25) is 0 Å². The average Bonchev–Trinajstić information content (AvgIpc) is 2.28. The molecule has 0 radical (unpaired) electrons. The van der Waals surface area contributed by atoms with Crippen LogP contribution in [0.25, 0.3) is 0 Å². The summed E-state index contributed by atoms with van der Waals surface area (Å²) in [5, 5.41) is 9.37. The SMILES string of the molecule is CSCC(C)N(C)c1ccc(C(C)O)nc1. The first-order valence-electron chi connectivity index (χ1n) is 5.42. The van der Waals surface area contributed by atoms with Gasteiger partial charge in [0.05, 0.1) is 23.7 Å². The maximum Gasteiger partial charge on any atom is 0.0931 e. The van der Waals surface area contributed by atoms with Gasteiger partial charge in [0.2, 0.25) is 0 Å². The Morgan fingerprint density at radius 2 is 2.12 bits per heavy atom. The van der Waals surface area contributed by atoms with Crippen molar-refractivity contribution in [2.75, 3.05) is 24.0 Å². The third-order valence-electron chi connectivity index (χ3n) is 2.68. The van der Waals surface area contributed by atoms with Gasteiger partial charge < -0.3 is 10.0 Å². The lowest BCUT2D eigenvalue weighted by Gasteiger charge is -2.26. The molecule has 2 unspecified atom stereocenters. The van der Waals surface area contributed by atoms with Crippen molar-refractivity contribution in [2.45, 2.75) is 26.0 Å². The summed E-state index contributed by atoms with van der Waals surface area (Å²) in [6.45, 7) is 3.92. The summed E-state index contributed by atoms with van der Waals surface area (Å²) in [5.74, 6) is 1.09. The lowest BCUT2D eigenvalue weighted by Crippen LogP contribution is -2.30. The fraction of sp³-hybridized carbons (Fsp3) is 0.583. The predicted molar refractivity (Wildman–Crippen MR) is 71.1 cm³/mol. The molecule has 1 heterocycles. The van der Waals surface area contributed by atoms with Crippen molar-refractivity contribution in [1.82, 2.24) is 4.98 Å². The van der Waals surface area contributed by atoms with E-state index in [1.807, 2.05) is 30.1 Å². The van der Waals surface area contributed by atoms with E-state index in [2.05, 4.69) is 30.1 Å². The second-order valence-electron chi connectivity index (χ2n) is 4.03. The summed E-state index contributed by atoms with van der Waals surface area (Å²) in [4.78, 5) is 6.45. The van der Waals surface area contributed by atoms with Crippen molar-refractivity contribution in [1.29, 1.82) is 0 Å². The predicted octanol–water partition coefficient (Wildman–Crippen LogP) is 2.32. The first-order chi connectivity index (χ1) is 7.56. The highest BCUT2D eigenvalue weighted by Gasteiger charge is 2.10. The highest BCUT2D eigenvalue weighted by Crippen LogP contribution is 2.18. The van der Waals surface area contributed by atoms with E-state index in [1.165, 1.54) is 0 Å². The second kappa shape index (κ2) is 6.11. The van der Waals surface area contributed by atoms with Crippen LogP contribution in [0.5, 0.6) is 0 Å². The molecule has 0 saturated heterocycles. The highest BCUT2D eigenvalue weighted by atomic mass is 32.2. The molecule has 0 amide bonds. The molecule has 0 aliphatic heterocycles. The molecule has 0 saturated carbocycles. The highest BCUT2D eigenvalue weighted by molar-refractivity contribution is 7.98. The molecule has 0 bridgehead atoms. The van der Waals surface area contributed by atoms with Crippen molar-refractivity contribution >= 4 is 17.4 Å². The normalized spacial score (nSPS) is 14.6. The quantitative estimate of drug-likeness (QED) is 0.857. The van der Waals surface area contributed by atoms with E-state index in [4.69, 9.17) is 0 Å². The molecule has 0 fully saturated rings. The van der Waals surface area contributed by atoms with E-state index >= 15 is 0 Å². The Labute approximate surface area is 102 Å². The zero-order valence-corrected chi connectivity index (χ0v) is 11.2. The standard InChI is InChI=1S/C12H20N2OS/c1-9(8-16-4)14(3)11-5-6-12(10(2)15)13-7-11/h5-7,9-10,15H,8H2,1-4H3. The number of aliphatic hydroxyl groups is 1. The summed E-state index contributed by atoms with van der Waals surface area (Å²) in [6, 6.07) is 4.36. The van der Waals surface area contributed by atoms with E-state index < -0.39 is 6.10 Å². The van der Waals surface area contributed by atoms with Crippen LogP contribution in [-0.2, 0) is 0 Å². The van der Waals surface area contributed by atoms with Gasteiger partial charge >= 0.3 is 0 Å². The molecule has 0 aliphatic carbocycles. The summed E-state index contributed by atoms with van der Waals surface area (Å²) >= 11 is 1.84. The Morgan fingerprint density at radius 3 is 2.56 bits per heavy atom. The fourth-order valence-corrected chi connectivity index (χ4v) is 2.17. The summed E-state index contributed by atoms with van der Waals surface area (Å²) < 4.78 is 0. The Bertz CT molecular complexity index is 313. The zero-order chi connectivity index (χ0) is 12.1. The third kappa shape index (κ3) is 3.39. The molecule has 16 heavy (non-hydrogen) atoms. The number of anilines is 1. The molecule has 1 N–H and O–H groups in total. The molecule has 4 heteroatoms. The molecule has 0 aromatic carbocycles. The van der Waals surface area contributed by atoms with E-state index in [1.54, 1.807) is 6.92 Å².